The standard InChI is InChI=1S/C30H32N4O2/c1-18(2)21-10-12-29(36)26(13-21)30-25(22-9-11-27(32)24(14-22)19(3)31)15-23(16-33-30)34-28(17-35)20-7-5-4-6-8-20/h4-16,18,28,31,34-36H,17,32H2,1-3H3. The van der Waals surface area contributed by atoms with Gasteiger partial charge in [-0.3, -0.25) is 4.98 Å². The van der Waals surface area contributed by atoms with Crippen molar-refractivity contribution in [3.05, 3.63) is 95.7 Å². The van der Waals surface area contributed by atoms with Crippen LogP contribution >= 0.6 is 0 Å². The molecule has 4 aromatic rings. The SMILES string of the molecule is CC(=N)c1cc(-c2cc(NC(CO)c3ccccc3)cnc2-c2cc(C(C)C)ccc2O)ccc1N. The van der Waals surface area contributed by atoms with Gasteiger partial charge in [-0.25, -0.2) is 0 Å². The zero-order valence-electron chi connectivity index (χ0n) is 20.8. The van der Waals surface area contributed by atoms with Gasteiger partial charge in [-0.1, -0.05) is 56.3 Å². The number of nitrogens with zero attached hydrogens (tertiary/aromatic N) is 1. The average molecular weight is 481 g/mol. The molecule has 0 saturated heterocycles. The molecule has 1 unspecified atom stereocenters. The summed E-state index contributed by atoms with van der Waals surface area (Å²) >= 11 is 0. The van der Waals surface area contributed by atoms with E-state index < -0.39 is 0 Å². The third-order valence-corrected chi connectivity index (χ3v) is 6.32. The minimum absolute atomic E-state index is 0.0860. The van der Waals surface area contributed by atoms with E-state index in [1.807, 2.05) is 60.7 Å². The van der Waals surface area contributed by atoms with Crippen LogP contribution in [0.3, 0.4) is 0 Å². The average Bonchev–Trinajstić information content (AvgIpc) is 2.88. The first-order valence-corrected chi connectivity index (χ1v) is 12.0. The number of aliphatic hydroxyl groups is 1. The Morgan fingerprint density at radius 2 is 1.72 bits per heavy atom. The number of hydrogen-bond donors (Lipinski definition) is 5. The number of pyridine rings is 1. The van der Waals surface area contributed by atoms with Crippen molar-refractivity contribution in [3.8, 4) is 28.1 Å². The highest BCUT2D eigenvalue weighted by atomic mass is 16.3. The van der Waals surface area contributed by atoms with E-state index in [2.05, 4.69) is 19.2 Å². The molecule has 0 aliphatic rings. The second-order valence-electron chi connectivity index (χ2n) is 9.27. The van der Waals surface area contributed by atoms with Gasteiger partial charge in [-0.05, 0) is 59.9 Å². The molecule has 0 aliphatic carbocycles. The molecule has 1 atom stereocenters. The highest BCUT2D eigenvalue weighted by Gasteiger charge is 2.18. The Morgan fingerprint density at radius 1 is 0.972 bits per heavy atom. The van der Waals surface area contributed by atoms with Gasteiger partial charge in [0.15, 0.2) is 0 Å². The van der Waals surface area contributed by atoms with Gasteiger partial charge in [0.05, 0.1) is 30.2 Å². The lowest BCUT2D eigenvalue weighted by atomic mass is 9.93. The number of nitrogen functional groups attached to an aromatic ring is 1. The number of aromatic hydroxyl groups is 1. The van der Waals surface area contributed by atoms with Gasteiger partial charge >= 0.3 is 0 Å². The summed E-state index contributed by atoms with van der Waals surface area (Å²) in [6.45, 7) is 5.83. The summed E-state index contributed by atoms with van der Waals surface area (Å²) in [5.41, 5.74) is 13.3. The van der Waals surface area contributed by atoms with Crippen LogP contribution in [0, 0.1) is 5.41 Å². The van der Waals surface area contributed by atoms with Crippen LogP contribution in [-0.4, -0.2) is 27.5 Å². The molecule has 1 heterocycles. The van der Waals surface area contributed by atoms with Crippen LogP contribution in [0.25, 0.3) is 22.4 Å². The summed E-state index contributed by atoms with van der Waals surface area (Å²) in [6.07, 6.45) is 1.71. The predicted octanol–water partition coefficient (Wildman–Crippen LogP) is 6.36. The molecule has 4 rings (SSSR count). The number of aromatic nitrogens is 1. The van der Waals surface area contributed by atoms with Crippen LogP contribution in [0.2, 0.25) is 0 Å². The normalized spacial score (nSPS) is 11.9. The summed E-state index contributed by atoms with van der Waals surface area (Å²) in [6, 6.07) is 22.6. The molecule has 0 fully saturated rings. The number of rotatable bonds is 8. The minimum atomic E-state index is -0.310. The van der Waals surface area contributed by atoms with Gasteiger partial charge in [0.25, 0.3) is 0 Å². The van der Waals surface area contributed by atoms with E-state index in [4.69, 9.17) is 16.1 Å². The molecule has 6 heteroatoms. The molecule has 0 spiro atoms. The molecule has 184 valence electrons. The van der Waals surface area contributed by atoms with Crippen LogP contribution in [0.4, 0.5) is 11.4 Å². The van der Waals surface area contributed by atoms with Crippen LogP contribution in [0.15, 0.2) is 79.0 Å². The van der Waals surface area contributed by atoms with Gasteiger partial charge in [-0.15, -0.1) is 0 Å². The van der Waals surface area contributed by atoms with Gasteiger partial charge in [-0.2, -0.15) is 0 Å². The lowest BCUT2D eigenvalue weighted by Crippen LogP contribution is -2.15. The van der Waals surface area contributed by atoms with Crippen molar-refractivity contribution in [1.82, 2.24) is 4.98 Å². The molecular weight excluding hydrogens is 448 g/mol. The Morgan fingerprint density at radius 3 is 2.39 bits per heavy atom. The fraction of sp³-hybridized carbons (Fsp3) is 0.200. The fourth-order valence-electron chi connectivity index (χ4n) is 4.25. The molecule has 0 bridgehead atoms. The summed E-state index contributed by atoms with van der Waals surface area (Å²) in [4.78, 5) is 4.78. The highest BCUT2D eigenvalue weighted by molar-refractivity contribution is 6.02. The molecule has 3 aromatic carbocycles. The minimum Gasteiger partial charge on any atom is -0.507 e. The van der Waals surface area contributed by atoms with E-state index in [0.717, 1.165) is 27.9 Å². The van der Waals surface area contributed by atoms with Crippen molar-refractivity contribution in [2.75, 3.05) is 17.7 Å². The van der Waals surface area contributed by atoms with Gasteiger partial charge in [0, 0.05) is 28.1 Å². The van der Waals surface area contributed by atoms with Crippen molar-refractivity contribution in [2.45, 2.75) is 32.7 Å². The maximum absolute atomic E-state index is 10.8. The zero-order chi connectivity index (χ0) is 25.8. The van der Waals surface area contributed by atoms with E-state index in [1.165, 1.54) is 0 Å². The van der Waals surface area contributed by atoms with E-state index in [-0.39, 0.29) is 24.3 Å². The molecule has 6 nitrogen and oxygen atoms in total. The van der Waals surface area contributed by atoms with E-state index in [1.54, 1.807) is 25.3 Å². The first-order valence-electron chi connectivity index (χ1n) is 12.0. The number of hydrogen-bond acceptors (Lipinski definition) is 6. The summed E-state index contributed by atoms with van der Waals surface area (Å²) in [5.74, 6) is 0.430. The molecule has 0 aliphatic heterocycles. The van der Waals surface area contributed by atoms with Crippen molar-refractivity contribution in [3.63, 3.8) is 0 Å². The van der Waals surface area contributed by atoms with Gasteiger partial charge in [0.2, 0.25) is 0 Å². The van der Waals surface area contributed by atoms with Gasteiger partial charge in [0.1, 0.15) is 5.75 Å². The zero-order valence-corrected chi connectivity index (χ0v) is 20.8. The maximum atomic E-state index is 10.8. The number of phenolic OH excluding ortho intramolecular Hbond substituents is 1. The number of anilines is 2. The summed E-state index contributed by atoms with van der Waals surface area (Å²) < 4.78 is 0. The first kappa shape index (κ1) is 24.9. The van der Waals surface area contributed by atoms with Crippen molar-refractivity contribution < 1.29 is 10.2 Å². The Labute approximate surface area is 212 Å². The van der Waals surface area contributed by atoms with Crippen molar-refractivity contribution in [1.29, 1.82) is 5.41 Å². The van der Waals surface area contributed by atoms with Crippen molar-refractivity contribution >= 4 is 17.1 Å². The van der Waals surface area contributed by atoms with Crippen LogP contribution in [-0.2, 0) is 0 Å². The van der Waals surface area contributed by atoms with E-state index in [9.17, 15) is 10.2 Å². The van der Waals surface area contributed by atoms with E-state index >= 15 is 0 Å². The summed E-state index contributed by atoms with van der Waals surface area (Å²) in [5, 5.41) is 32.4. The fourth-order valence-corrected chi connectivity index (χ4v) is 4.25. The molecule has 0 saturated carbocycles. The van der Waals surface area contributed by atoms with Gasteiger partial charge < -0.3 is 26.7 Å². The molecular formula is C30H32N4O2. The second-order valence-corrected chi connectivity index (χ2v) is 9.27. The largest absolute Gasteiger partial charge is 0.507 e. The molecule has 0 amide bonds. The van der Waals surface area contributed by atoms with Crippen LogP contribution < -0.4 is 11.1 Å². The van der Waals surface area contributed by atoms with Crippen LogP contribution in [0.1, 0.15) is 49.4 Å². The predicted molar refractivity (Wildman–Crippen MR) is 148 cm³/mol. The number of nitrogens with one attached hydrogen (secondary N) is 2. The lowest BCUT2D eigenvalue weighted by molar-refractivity contribution is 0.276. The molecule has 1 aromatic heterocycles. The topological polar surface area (TPSA) is 115 Å². The smallest absolute Gasteiger partial charge is 0.125 e. The second kappa shape index (κ2) is 10.6. The quantitative estimate of drug-likeness (QED) is 0.149. The number of benzene rings is 3. The number of nitrogens with two attached hydrogens (primary N) is 1. The Bertz CT molecular complexity index is 1380. The Hall–Kier alpha value is -4.16. The Kier molecular flexibility index (Phi) is 7.36. The highest BCUT2D eigenvalue weighted by Crippen LogP contribution is 2.39. The monoisotopic (exact) mass is 480 g/mol. The number of phenols is 1. The van der Waals surface area contributed by atoms with Crippen molar-refractivity contribution in [2.24, 2.45) is 0 Å². The first-order chi connectivity index (χ1) is 17.3. The Balaban J connectivity index is 1.88. The summed E-state index contributed by atoms with van der Waals surface area (Å²) in [7, 11) is 0. The molecule has 36 heavy (non-hydrogen) atoms. The molecule has 6 N–H and O–H groups in total. The molecule has 0 radical (unpaired) electrons. The van der Waals surface area contributed by atoms with E-state index in [0.29, 0.717) is 28.2 Å². The van der Waals surface area contributed by atoms with Crippen LogP contribution in [0.5, 0.6) is 5.75 Å². The third kappa shape index (κ3) is 5.24. The maximum Gasteiger partial charge on any atom is 0.125 e. The number of aliphatic hydroxyl groups excluding tert-OH is 1. The third-order valence-electron chi connectivity index (χ3n) is 6.32. The lowest BCUT2D eigenvalue weighted by Gasteiger charge is -2.20.